The summed E-state index contributed by atoms with van der Waals surface area (Å²) in [5.74, 6) is 0.0855. The number of benzene rings is 1. The van der Waals surface area contributed by atoms with Crippen LogP contribution in [-0.4, -0.2) is 30.2 Å². The van der Waals surface area contributed by atoms with Crippen molar-refractivity contribution in [2.45, 2.75) is 25.9 Å². The molecule has 1 N–H and O–H groups in total. The molecule has 1 aromatic heterocycles. The van der Waals surface area contributed by atoms with Gasteiger partial charge in [-0.15, -0.1) is 0 Å². The van der Waals surface area contributed by atoms with E-state index >= 15 is 0 Å². The summed E-state index contributed by atoms with van der Waals surface area (Å²) in [4.78, 5) is 16.6. The van der Waals surface area contributed by atoms with Crippen LogP contribution >= 0.6 is 27.5 Å². The fourth-order valence-electron chi connectivity index (χ4n) is 2.55. The molecule has 0 spiro atoms. The maximum absolute atomic E-state index is 12.4. The Labute approximate surface area is 159 Å². The maximum atomic E-state index is 12.4. The third-order valence-electron chi connectivity index (χ3n) is 3.95. The van der Waals surface area contributed by atoms with Gasteiger partial charge in [0, 0.05) is 29.2 Å². The molecule has 2 heterocycles. The van der Waals surface area contributed by atoms with E-state index in [2.05, 4.69) is 26.2 Å². The second-order valence-electron chi connectivity index (χ2n) is 5.85. The predicted octanol–water partition coefficient (Wildman–Crippen LogP) is 4.62. The number of nitrogens with zero attached hydrogens (tertiary/aromatic N) is 1. The summed E-state index contributed by atoms with van der Waals surface area (Å²) in [5, 5.41) is 3.19. The number of ether oxygens (including phenoxy) is 2. The van der Waals surface area contributed by atoms with Crippen molar-refractivity contribution in [3.05, 3.63) is 51.1 Å². The molecule has 1 aliphatic heterocycles. The molecule has 0 aliphatic carbocycles. The first-order valence-electron chi connectivity index (χ1n) is 8.00. The van der Waals surface area contributed by atoms with Crippen LogP contribution in [0.15, 0.2) is 34.9 Å². The summed E-state index contributed by atoms with van der Waals surface area (Å²) in [6, 6.07) is 7.23. The molecule has 1 aromatic carbocycles. The molecule has 1 amide bonds. The SMILES string of the molecule is Cc1cc(Br)ccc1NC(=O)c1cnc(OC2CCOCC2)c(Cl)c1. The summed E-state index contributed by atoms with van der Waals surface area (Å²) >= 11 is 9.65. The van der Waals surface area contributed by atoms with E-state index in [1.807, 2.05) is 25.1 Å². The number of pyridine rings is 1. The highest BCUT2D eigenvalue weighted by atomic mass is 79.9. The Kier molecular flexibility index (Phi) is 5.93. The van der Waals surface area contributed by atoms with Gasteiger partial charge in [0.2, 0.25) is 5.88 Å². The lowest BCUT2D eigenvalue weighted by Crippen LogP contribution is -2.26. The quantitative estimate of drug-likeness (QED) is 0.777. The molecule has 3 rings (SSSR count). The number of aryl methyl sites for hydroxylation is 1. The van der Waals surface area contributed by atoms with E-state index in [9.17, 15) is 4.79 Å². The number of carbonyl (C=O) groups excluding carboxylic acids is 1. The van der Waals surface area contributed by atoms with E-state index in [0.29, 0.717) is 29.7 Å². The average Bonchev–Trinajstić information content (AvgIpc) is 2.60. The van der Waals surface area contributed by atoms with Crippen molar-refractivity contribution >= 4 is 39.1 Å². The fourth-order valence-corrected chi connectivity index (χ4v) is 3.24. The van der Waals surface area contributed by atoms with Crippen LogP contribution < -0.4 is 10.1 Å². The lowest BCUT2D eigenvalue weighted by Gasteiger charge is -2.23. The van der Waals surface area contributed by atoms with Gasteiger partial charge >= 0.3 is 0 Å². The number of rotatable bonds is 4. The number of hydrogen-bond acceptors (Lipinski definition) is 4. The summed E-state index contributed by atoms with van der Waals surface area (Å²) < 4.78 is 12.1. The van der Waals surface area contributed by atoms with Gasteiger partial charge in [0.1, 0.15) is 11.1 Å². The van der Waals surface area contributed by atoms with Gasteiger partial charge in [-0.2, -0.15) is 0 Å². The molecule has 0 bridgehead atoms. The molecule has 0 radical (unpaired) electrons. The number of anilines is 1. The minimum atomic E-state index is -0.266. The van der Waals surface area contributed by atoms with E-state index in [-0.39, 0.29) is 12.0 Å². The van der Waals surface area contributed by atoms with E-state index in [1.54, 1.807) is 6.07 Å². The van der Waals surface area contributed by atoms with Crippen LogP contribution in [0, 0.1) is 6.92 Å². The smallest absolute Gasteiger partial charge is 0.257 e. The predicted molar refractivity (Wildman–Crippen MR) is 101 cm³/mol. The lowest BCUT2D eigenvalue weighted by atomic mass is 10.1. The third-order valence-corrected chi connectivity index (χ3v) is 4.72. The van der Waals surface area contributed by atoms with Crippen LogP contribution in [0.2, 0.25) is 5.02 Å². The highest BCUT2D eigenvalue weighted by Gasteiger charge is 2.18. The van der Waals surface area contributed by atoms with Gasteiger partial charge in [0.15, 0.2) is 0 Å². The van der Waals surface area contributed by atoms with Crippen molar-refractivity contribution in [1.82, 2.24) is 4.98 Å². The molecule has 7 heteroatoms. The van der Waals surface area contributed by atoms with Crippen LogP contribution in [-0.2, 0) is 4.74 Å². The summed E-state index contributed by atoms with van der Waals surface area (Å²) in [5.41, 5.74) is 2.08. The molecule has 2 aromatic rings. The first-order valence-corrected chi connectivity index (χ1v) is 9.17. The number of nitrogens with one attached hydrogen (secondary N) is 1. The average molecular weight is 426 g/mol. The van der Waals surface area contributed by atoms with Crippen LogP contribution in [0.1, 0.15) is 28.8 Å². The number of hydrogen-bond donors (Lipinski definition) is 1. The van der Waals surface area contributed by atoms with Gasteiger partial charge in [-0.25, -0.2) is 4.98 Å². The topological polar surface area (TPSA) is 60.5 Å². The molecule has 1 saturated heterocycles. The van der Waals surface area contributed by atoms with Gasteiger partial charge in [0.25, 0.3) is 5.91 Å². The minimum absolute atomic E-state index is 0.0452. The Morgan fingerprint density at radius 2 is 2.12 bits per heavy atom. The number of aromatic nitrogens is 1. The zero-order valence-corrected chi connectivity index (χ0v) is 16.1. The summed E-state index contributed by atoms with van der Waals surface area (Å²) in [6.45, 7) is 3.28. The van der Waals surface area contributed by atoms with Gasteiger partial charge < -0.3 is 14.8 Å². The standard InChI is InChI=1S/C18H18BrClN2O3/c1-11-8-13(19)2-3-16(11)22-17(23)12-9-15(20)18(21-10-12)25-14-4-6-24-7-5-14/h2-3,8-10,14H,4-7H2,1H3,(H,22,23). The molecule has 0 atom stereocenters. The van der Waals surface area contributed by atoms with Crippen molar-refractivity contribution in [3.63, 3.8) is 0 Å². The minimum Gasteiger partial charge on any atom is -0.473 e. The third kappa shape index (κ3) is 4.71. The normalized spacial score (nSPS) is 15.0. The van der Waals surface area contributed by atoms with Crippen LogP contribution in [0.5, 0.6) is 5.88 Å². The van der Waals surface area contributed by atoms with Gasteiger partial charge in [0.05, 0.1) is 18.8 Å². The monoisotopic (exact) mass is 424 g/mol. The Bertz CT molecular complexity index is 779. The zero-order valence-electron chi connectivity index (χ0n) is 13.7. The Morgan fingerprint density at radius 1 is 1.36 bits per heavy atom. The van der Waals surface area contributed by atoms with Gasteiger partial charge in [-0.05, 0) is 36.8 Å². The number of carbonyl (C=O) groups is 1. The number of halogens is 2. The van der Waals surface area contributed by atoms with Crippen LogP contribution in [0.25, 0.3) is 0 Å². The zero-order chi connectivity index (χ0) is 17.8. The molecule has 1 fully saturated rings. The van der Waals surface area contributed by atoms with Crippen LogP contribution in [0.3, 0.4) is 0 Å². The molecule has 132 valence electrons. The fraction of sp³-hybridized carbons (Fsp3) is 0.333. The van der Waals surface area contributed by atoms with Gasteiger partial charge in [-0.1, -0.05) is 27.5 Å². The molecule has 0 saturated carbocycles. The molecule has 0 unspecified atom stereocenters. The molecular formula is C18H18BrClN2O3. The Balaban J connectivity index is 1.69. The summed E-state index contributed by atoms with van der Waals surface area (Å²) in [6.07, 6.45) is 3.14. The lowest BCUT2D eigenvalue weighted by molar-refractivity contribution is 0.0238. The second kappa shape index (κ2) is 8.17. The molecule has 25 heavy (non-hydrogen) atoms. The molecule has 1 aliphatic rings. The van der Waals surface area contributed by atoms with E-state index in [0.717, 1.165) is 28.6 Å². The van der Waals surface area contributed by atoms with Crippen molar-refractivity contribution < 1.29 is 14.3 Å². The van der Waals surface area contributed by atoms with Crippen LogP contribution in [0.4, 0.5) is 5.69 Å². The van der Waals surface area contributed by atoms with Crippen molar-refractivity contribution in [2.24, 2.45) is 0 Å². The highest BCUT2D eigenvalue weighted by molar-refractivity contribution is 9.10. The van der Waals surface area contributed by atoms with E-state index in [1.165, 1.54) is 6.20 Å². The molecule has 5 nitrogen and oxygen atoms in total. The Hall–Kier alpha value is -1.63. The van der Waals surface area contributed by atoms with Crippen molar-refractivity contribution in [3.8, 4) is 5.88 Å². The summed E-state index contributed by atoms with van der Waals surface area (Å²) in [7, 11) is 0. The van der Waals surface area contributed by atoms with Crippen molar-refractivity contribution in [1.29, 1.82) is 0 Å². The molecular weight excluding hydrogens is 408 g/mol. The first-order chi connectivity index (χ1) is 12.0. The highest BCUT2D eigenvalue weighted by Crippen LogP contribution is 2.26. The van der Waals surface area contributed by atoms with Gasteiger partial charge in [-0.3, -0.25) is 4.79 Å². The Morgan fingerprint density at radius 3 is 2.80 bits per heavy atom. The van der Waals surface area contributed by atoms with E-state index < -0.39 is 0 Å². The maximum Gasteiger partial charge on any atom is 0.257 e. The largest absolute Gasteiger partial charge is 0.473 e. The first kappa shape index (κ1) is 18.2. The van der Waals surface area contributed by atoms with Crippen molar-refractivity contribution in [2.75, 3.05) is 18.5 Å². The second-order valence-corrected chi connectivity index (χ2v) is 7.18. The van der Waals surface area contributed by atoms with E-state index in [4.69, 9.17) is 21.1 Å². The number of amides is 1.